The van der Waals surface area contributed by atoms with Crippen LogP contribution in [-0.4, -0.2) is 39.4 Å². The van der Waals surface area contributed by atoms with Crippen molar-refractivity contribution in [1.29, 1.82) is 5.26 Å². The van der Waals surface area contributed by atoms with Gasteiger partial charge in [-0.25, -0.2) is 22.7 Å². The van der Waals surface area contributed by atoms with Crippen LogP contribution in [0.3, 0.4) is 0 Å². The van der Waals surface area contributed by atoms with Crippen LogP contribution in [0.2, 0.25) is 0 Å². The number of nitrogens with zero attached hydrogens (tertiary/aromatic N) is 5. The molecule has 5 aromatic rings. The zero-order valence-corrected chi connectivity index (χ0v) is 30.1. The Morgan fingerprint density at radius 1 is 1.12 bits per heavy atom. The van der Waals surface area contributed by atoms with Crippen LogP contribution in [-0.2, 0) is 23.5 Å². The first kappa shape index (κ1) is 39.3. The van der Waals surface area contributed by atoms with Gasteiger partial charge in [-0.05, 0) is 67.9 Å². The predicted octanol–water partition coefficient (Wildman–Crippen LogP) is 2.49. The highest BCUT2D eigenvalue weighted by atomic mass is 79.9. The van der Waals surface area contributed by atoms with Crippen molar-refractivity contribution < 1.29 is 49.4 Å². The van der Waals surface area contributed by atoms with Gasteiger partial charge in [-0.15, -0.1) is 28.4 Å². The maximum atomic E-state index is 15.3. The van der Waals surface area contributed by atoms with Crippen molar-refractivity contribution >= 4 is 29.7 Å². The molecular formula is C34H33BrClF3N6O3S. The standard InChI is InChI=1S/C34H32F3N6O3S.BrH.ClH/c1-20-9-24(10-21(2)32(20)46-31(44)14-39-4)15-42-18-40-43(19-42)17-34(45,26-11-28(36)29(37)12-27(26)35)22(3)33-41-30(16-47-33)25-7-5-23(13-38)6-8-25;;/h5-12,16,18-19,22,39,45H,14-15,17H2,1-4H3;2*1H/q+1;;/p-1/t22-,34+;;/m0../s1. The second kappa shape index (κ2) is 16.5. The first-order valence-corrected chi connectivity index (χ1v) is 15.5. The molecule has 0 aliphatic rings. The number of aryl methyl sites for hydroxylation is 2. The van der Waals surface area contributed by atoms with E-state index >= 15 is 4.39 Å². The number of nitriles is 1. The van der Waals surface area contributed by atoms with Crippen LogP contribution in [0.15, 0.2) is 66.6 Å². The first-order chi connectivity index (χ1) is 22.4. The average molecular weight is 778 g/mol. The summed E-state index contributed by atoms with van der Waals surface area (Å²) in [6.07, 6.45) is 3.15. The lowest BCUT2D eigenvalue weighted by Gasteiger charge is -2.32. The largest absolute Gasteiger partial charge is 1.00 e. The number of hydrogen-bond donors (Lipinski definition) is 2. The van der Waals surface area contributed by atoms with Crippen molar-refractivity contribution in [3.8, 4) is 23.1 Å². The maximum absolute atomic E-state index is 15.3. The Kier molecular flexibility index (Phi) is 13.2. The average Bonchev–Trinajstić information content (AvgIpc) is 3.70. The van der Waals surface area contributed by atoms with E-state index in [2.05, 4.69) is 21.5 Å². The normalized spacial score (nSPS) is 12.6. The zero-order valence-electron chi connectivity index (χ0n) is 26.9. The number of thiazole rings is 1. The lowest BCUT2D eigenvalue weighted by molar-refractivity contribution is -0.689. The molecule has 0 unspecified atom stereocenters. The van der Waals surface area contributed by atoms with Crippen LogP contribution in [0.4, 0.5) is 13.2 Å². The number of rotatable bonds is 11. The molecule has 9 nitrogen and oxygen atoms in total. The highest BCUT2D eigenvalue weighted by molar-refractivity contribution is 7.10. The van der Waals surface area contributed by atoms with Crippen LogP contribution in [0.5, 0.6) is 5.75 Å². The van der Waals surface area contributed by atoms with E-state index in [-0.39, 0.29) is 42.5 Å². The molecule has 0 amide bonds. The van der Waals surface area contributed by atoms with Crippen molar-refractivity contribution in [3.05, 3.63) is 117 Å². The molecule has 0 aliphatic heterocycles. The number of ether oxygens (including phenoxy) is 1. The third-order valence-corrected chi connectivity index (χ3v) is 8.88. The van der Waals surface area contributed by atoms with Gasteiger partial charge in [0.15, 0.2) is 11.6 Å². The molecule has 0 bridgehead atoms. The second-order valence-electron chi connectivity index (χ2n) is 11.3. The zero-order chi connectivity index (χ0) is 33.9. The number of nitrogens with one attached hydrogen (secondary N) is 1. The molecule has 49 heavy (non-hydrogen) atoms. The number of halogens is 5. The van der Waals surface area contributed by atoms with Gasteiger partial charge in [0, 0.05) is 33.6 Å². The Hall–Kier alpha value is -4.13. The fourth-order valence-corrected chi connectivity index (χ4v) is 6.39. The van der Waals surface area contributed by atoms with Crippen LogP contribution >= 0.6 is 23.7 Å². The second-order valence-corrected chi connectivity index (χ2v) is 12.2. The van der Waals surface area contributed by atoms with Crippen LogP contribution in [0.1, 0.15) is 45.7 Å². The van der Waals surface area contributed by atoms with Gasteiger partial charge >= 0.3 is 5.97 Å². The minimum atomic E-state index is -2.10. The minimum absolute atomic E-state index is 0. The van der Waals surface area contributed by atoms with Crippen molar-refractivity contribution in [2.45, 2.75) is 45.4 Å². The van der Waals surface area contributed by atoms with Gasteiger partial charge in [-0.1, -0.05) is 19.1 Å². The molecule has 2 heterocycles. The van der Waals surface area contributed by atoms with E-state index in [4.69, 9.17) is 10.00 Å². The minimum Gasteiger partial charge on any atom is -1.00 e. The third-order valence-electron chi connectivity index (χ3n) is 7.85. The summed E-state index contributed by atoms with van der Waals surface area (Å²) >= 11 is 1.23. The molecule has 2 aromatic heterocycles. The Balaban J connectivity index is 0.00000325. The molecule has 0 fully saturated rings. The summed E-state index contributed by atoms with van der Waals surface area (Å²) in [6.45, 7) is 5.46. The molecule has 3 aromatic carbocycles. The van der Waals surface area contributed by atoms with Crippen LogP contribution < -0.4 is 31.6 Å². The molecule has 5 rings (SSSR count). The number of esters is 1. The van der Waals surface area contributed by atoms with Gasteiger partial charge in [-0.2, -0.15) is 5.26 Å². The fourth-order valence-electron chi connectivity index (χ4n) is 5.42. The van der Waals surface area contributed by atoms with E-state index in [1.54, 1.807) is 54.5 Å². The molecule has 0 spiro atoms. The number of likely N-dealkylation sites (N-methyl/N-ethyl adjacent to an activating group) is 1. The van der Waals surface area contributed by atoms with Gasteiger partial charge in [0.2, 0.25) is 6.33 Å². The van der Waals surface area contributed by atoms with Gasteiger partial charge in [-0.3, -0.25) is 4.79 Å². The molecule has 2 N–H and O–H groups in total. The molecule has 2 atom stereocenters. The maximum Gasteiger partial charge on any atom is 0.325 e. The predicted molar refractivity (Wildman–Crippen MR) is 175 cm³/mol. The van der Waals surface area contributed by atoms with Crippen molar-refractivity contribution in [2.75, 3.05) is 13.6 Å². The number of aliphatic hydroxyl groups is 1. The van der Waals surface area contributed by atoms with Gasteiger partial charge in [0.1, 0.15) is 23.7 Å². The monoisotopic (exact) mass is 776 g/mol. The van der Waals surface area contributed by atoms with E-state index in [0.717, 1.165) is 22.3 Å². The molecule has 0 aliphatic carbocycles. The van der Waals surface area contributed by atoms with Crippen molar-refractivity contribution in [1.82, 2.24) is 20.1 Å². The Bertz CT molecular complexity index is 1960. The van der Waals surface area contributed by atoms with E-state index < -0.39 is 40.5 Å². The molecule has 0 saturated carbocycles. The topological polar surface area (TPSA) is 117 Å². The van der Waals surface area contributed by atoms with Gasteiger partial charge in [0.25, 0.3) is 6.33 Å². The summed E-state index contributed by atoms with van der Waals surface area (Å²) in [5, 5.41) is 30.6. The van der Waals surface area contributed by atoms with Crippen LogP contribution in [0, 0.1) is 42.6 Å². The molecule has 258 valence electrons. The molecule has 0 saturated heterocycles. The van der Waals surface area contributed by atoms with Gasteiger partial charge in [0.05, 0.1) is 35.4 Å². The molecule has 0 radical (unpaired) electrons. The summed E-state index contributed by atoms with van der Waals surface area (Å²) in [4.78, 5) is 16.7. The Morgan fingerprint density at radius 3 is 2.41 bits per heavy atom. The quantitative estimate of drug-likeness (QED) is 0.0918. The number of benzene rings is 3. The van der Waals surface area contributed by atoms with Crippen molar-refractivity contribution in [2.24, 2.45) is 0 Å². The van der Waals surface area contributed by atoms with Crippen LogP contribution in [0.25, 0.3) is 11.3 Å². The lowest BCUT2D eigenvalue weighted by atomic mass is 9.82. The fraction of sp³-hybridized carbons (Fsp3) is 0.265. The smallest absolute Gasteiger partial charge is 0.325 e. The first-order valence-electron chi connectivity index (χ1n) is 14.6. The number of carbonyl (C=O) groups excluding carboxylic acids is 1. The highest BCUT2D eigenvalue weighted by Crippen LogP contribution is 2.42. The summed E-state index contributed by atoms with van der Waals surface area (Å²) in [5.74, 6) is -4.57. The van der Waals surface area contributed by atoms with E-state index in [1.165, 1.54) is 22.3 Å². The third kappa shape index (κ3) is 8.73. The summed E-state index contributed by atoms with van der Waals surface area (Å²) in [6, 6.07) is 13.8. The van der Waals surface area contributed by atoms with E-state index in [9.17, 15) is 18.7 Å². The van der Waals surface area contributed by atoms with Gasteiger partial charge < -0.3 is 32.1 Å². The van der Waals surface area contributed by atoms with E-state index in [1.807, 2.05) is 26.0 Å². The van der Waals surface area contributed by atoms with E-state index in [0.29, 0.717) is 40.7 Å². The molecular weight excluding hydrogens is 745 g/mol. The summed E-state index contributed by atoms with van der Waals surface area (Å²) in [7, 11) is 1.66. The summed E-state index contributed by atoms with van der Waals surface area (Å²) in [5.41, 5.74) is 1.72. The SMILES string of the molecule is CNCC(=O)Oc1c(C)cc(C[n+]2cnn(C[C@](O)(c3cc(F)c(F)cc3F)[C@@H](C)c3nc(-c4ccc(C#N)cc4)cs3)c2)cc1C.Cl.[Br-]. The Labute approximate surface area is 302 Å². The number of aromatic nitrogens is 4. The van der Waals surface area contributed by atoms with Crippen molar-refractivity contribution in [3.63, 3.8) is 0 Å². The Morgan fingerprint density at radius 2 is 1.78 bits per heavy atom. The lowest BCUT2D eigenvalue weighted by Crippen LogP contribution is -3.00. The number of hydrogen-bond acceptors (Lipinski definition) is 8. The molecule has 15 heteroatoms. The highest BCUT2D eigenvalue weighted by Gasteiger charge is 2.44. The summed E-state index contributed by atoms with van der Waals surface area (Å²) < 4.78 is 52.4. The number of carbonyl (C=O) groups is 1.